The minimum Gasteiger partial charge on any atom is -0.381 e. The summed E-state index contributed by atoms with van der Waals surface area (Å²) >= 11 is 6.10. The lowest BCUT2D eigenvalue weighted by Gasteiger charge is -2.35. The first-order chi connectivity index (χ1) is 15.8. The highest BCUT2D eigenvalue weighted by Crippen LogP contribution is 2.33. The van der Waals surface area contributed by atoms with Gasteiger partial charge in [-0.1, -0.05) is 11.6 Å². The summed E-state index contributed by atoms with van der Waals surface area (Å²) < 4.78 is 6.70. The van der Waals surface area contributed by atoms with Crippen LogP contribution in [0.15, 0.2) is 35.1 Å². The van der Waals surface area contributed by atoms with E-state index < -0.39 is 5.56 Å². The second-order valence-electron chi connectivity index (χ2n) is 8.71. The lowest BCUT2D eigenvalue weighted by atomic mass is 9.81. The summed E-state index contributed by atoms with van der Waals surface area (Å²) in [6.07, 6.45) is 2.20. The van der Waals surface area contributed by atoms with Crippen LogP contribution in [0.2, 0.25) is 5.02 Å². The Labute approximate surface area is 194 Å². The van der Waals surface area contributed by atoms with Gasteiger partial charge in [0, 0.05) is 35.8 Å². The maximum Gasteiger partial charge on any atom is 0.291 e. The largest absolute Gasteiger partial charge is 0.381 e. The second kappa shape index (κ2) is 7.97. The van der Waals surface area contributed by atoms with E-state index in [0.717, 1.165) is 17.7 Å². The fraction of sp³-hybridized carbons (Fsp3) is 0.333. The number of carbonyl (C=O) groups excluding carboxylic acids is 1. The van der Waals surface area contributed by atoms with Gasteiger partial charge in [-0.3, -0.25) is 25.0 Å². The average molecular weight is 466 g/mol. The lowest BCUT2D eigenvalue weighted by molar-refractivity contribution is 0.0210. The van der Waals surface area contributed by atoms with Crippen LogP contribution in [0.25, 0.3) is 11.0 Å². The normalized spacial score (nSPS) is 19.4. The van der Waals surface area contributed by atoms with Crippen LogP contribution in [0, 0.1) is 23.7 Å². The Balaban J connectivity index is 1.57. The van der Waals surface area contributed by atoms with Gasteiger partial charge in [-0.05, 0) is 67.6 Å². The van der Waals surface area contributed by atoms with E-state index in [1.165, 1.54) is 4.57 Å². The van der Waals surface area contributed by atoms with E-state index in [9.17, 15) is 9.59 Å². The molecule has 0 radical (unpaired) electrons. The molecule has 1 amide bonds. The molecule has 170 valence electrons. The molecule has 1 aromatic heterocycles. The van der Waals surface area contributed by atoms with E-state index in [0.29, 0.717) is 46.6 Å². The first kappa shape index (κ1) is 21.6. The van der Waals surface area contributed by atoms with Crippen molar-refractivity contribution in [2.45, 2.75) is 32.3 Å². The predicted molar refractivity (Wildman–Crippen MR) is 127 cm³/mol. The van der Waals surface area contributed by atoms with Gasteiger partial charge in [-0.2, -0.15) is 0 Å². The number of H-pyrrole nitrogens is 1. The van der Waals surface area contributed by atoms with Crippen molar-refractivity contribution in [3.05, 3.63) is 67.9 Å². The summed E-state index contributed by atoms with van der Waals surface area (Å²) in [4.78, 5) is 30.4. The fourth-order valence-electron chi connectivity index (χ4n) is 4.75. The third-order valence-corrected chi connectivity index (χ3v) is 6.97. The lowest BCUT2D eigenvalue weighted by Crippen LogP contribution is -2.46. The fourth-order valence-corrected chi connectivity index (χ4v) is 4.95. The number of methoxy groups -OCH3 is 1. The van der Waals surface area contributed by atoms with Crippen LogP contribution in [0.1, 0.15) is 34.3 Å². The van der Waals surface area contributed by atoms with E-state index >= 15 is 0 Å². The highest BCUT2D eigenvalue weighted by atomic mass is 35.5. The molecular weight excluding hydrogens is 442 g/mol. The number of carbonyl (C=O) groups is 1. The van der Waals surface area contributed by atoms with E-state index in [1.807, 2.05) is 19.1 Å². The standard InChI is InChI=1S/C24H24ClN5O3/c1-12-7-20-18(28-23(31)22(27)30(20)21(26)14-9-16(10-14)33-2)11-17(12)24(32)29-6-5-13-8-15(25)3-4-19(13)29/h3-4,7-8,11,14,16,26-27H,5-6,9-10H2,1-2H3,(H,28,31). The summed E-state index contributed by atoms with van der Waals surface area (Å²) in [6.45, 7) is 2.39. The third-order valence-electron chi connectivity index (χ3n) is 6.74. The summed E-state index contributed by atoms with van der Waals surface area (Å²) in [5.74, 6) is -0.0355. The summed E-state index contributed by atoms with van der Waals surface area (Å²) in [5, 5.41) is 17.6. The van der Waals surface area contributed by atoms with Crippen LogP contribution in [0.3, 0.4) is 0 Å². The second-order valence-corrected chi connectivity index (χ2v) is 9.15. The molecule has 1 fully saturated rings. The van der Waals surface area contributed by atoms with Crippen LogP contribution < -0.4 is 15.9 Å². The van der Waals surface area contributed by atoms with Crippen molar-refractivity contribution in [2.24, 2.45) is 5.92 Å². The van der Waals surface area contributed by atoms with Crippen LogP contribution in [0.5, 0.6) is 0 Å². The van der Waals surface area contributed by atoms with Crippen molar-refractivity contribution >= 4 is 40.1 Å². The maximum atomic E-state index is 13.5. The number of halogens is 1. The molecule has 5 rings (SSSR count). The number of nitrogens with zero attached hydrogens (tertiary/aromatic N) is 2. The minimum atomic E-state index is -0.599. The zero-order valence-electron chi connectivity index (χ0n) is 18.4. The molecule has 9 heteroatoms. The summed E-state index contributed by atoms with van der Waals surface area (Å²) in [5.41, 5.74) is 3.12. The molecule has 0 atom stereocenters. The van der Waals surface area contributed by atoms with Gasteiger partial charge in [0.15, 0.2) is 5.49 Å². The van der Waals surface area contributed by atoms with Crippen molar-refractivity contribution < 1.29 is 9.53 Å². The number of aromatic nitrogens is 2. The molecular formula is C24H24ClN5O3. The molecule has 3 aromatic rings. The van der Waals surface area contributed by atoms with Crippen LogP contribution in [0.4, 0.5) is 5.69 Å². The molecule has 1 saturated carbocycles. The Kier molecular flexibility index (Phi) is 5.22. The zero-order valence-corrected chi connectivity index (χ0v) is 19.1. The Bertz CT molecular complexity index is 1430. The average Bonchev–Trinajstić information content (AvgIpc) is 3.16. The number of aromatic amines is 1. The molecule has 2 aliphatic rings. The minimum absolute atomic E-state index is 0.0800. The molecule has 0 saturated heterocycles. The molecule has 1 aliphatic heterocycles. The van der Waals surface area contributed by atoms with Gasteiger partial charge < -0.3 is 14.6 Å². The number of aryl methyl sites for hydroxylation is 1. The van der Waals surface area contributed by atoms with E-state index in [1.54, 1.807) is 30.2 Å². The van der Waals surface area contributed by atoms with Crippen molar-refractivity contribution in [3.63, 3.8) is 0 Å². The number of amides is 1. The third kappa shape index (κ3) is 3.50. The van der Waals surface area contributed by atoms with Crippen LogP contribution in [-0.4, -0.2) is 41.1 Å². The zero-order chi connectivity index (χ0) is 23.4. The monoisotopic (exact) mass is 465 g/mol. The number of ether oxygens (including phenoxy) is 1. The first-order valence-electron chi connectivity index (χ1n) is 10.8. The van der Waals surface area contributed by atoms with Gasteiger partial charge in [0.1, 0.15) is 5.84 Å². The molecule has 0 bridgehead atoms. The molecule has 2 heterocycles. The molecule has 33 heavy (non-hydrogen) atoms. The number of hydrogen-bond donors (Lipinski definition) is 3. The summed E-state index contributed by atoms with van der Waals surface area (Å²) in [6, 6.07) is 8.94. The van der Waals surface area contributed by atoms with E-state index in [4.69, 9.17) is 27.2 Å². The van der Waals surface area contributed by atoms with Gasteiger partial charge in [0.2, 0.25) is 0 Å². The van der Waals surface area contributed by atoms with Gasteiger partial charge in [0.25, 0.3) is 11.5 Å². The van der Waals surface area contributed by atoms with Crippen molar-refractivity contribution in [2.75, 3.05) is 18.6 Å². The van der Waals surface area contributed by atoms with Gasteiger partial charge in [-0.15, -0.1) is 0 Å². The predicted octanol–water partition coefficient (Wildman–Crippen LogP) is 3.22. The molecule has 8 nitrogen and oxygen atoms in total. The molecule has 0 unspecified atom stereocenters. The van der Waals surface area contributed by atoms with E-state index in [-0.39, 0.29) is 29.3 Å². The number of nitrogens with one attached hydrogen (secondary N) is 3. The van der Waals surface area contributed by atoms with E-state index in [2.05, 4.69) is 4.98 Å². The van der Waals surface area contributed by atoms with Crippen molar-refractivity contribution in [3.8, 4) is 0 Å². The molecule has 2 aromatic carbocycles. The molecule has 3 N–H and O–H groups in total. The highest BCUT2D eigenvalue weighted by molar-refractivity contribution is 6.30. The maximum absolute atomic E-state index is 13.5. The Morgan fingerprint density at radius 1 is 1.24 bits per heavy atom. The van der Waals surface area contributed by atoms with Crippen molar-refractivity contribution in [1.29, 1.82) is 10.8 Å². The first-order valence-corrected chi connectivity index (χ1v) is 11.2. The number of benzene rings is 2. The molecule has 1 aliphatic carbocycles. The van der Waals surface area contributed by atoms with Crippen molar-refractivity contribution in [1.82, 2.24) is 9.55 Å². The highest BCUT2D eigenvalue weighted by Gasteiger charge is 2.34. The Hall–Kier alpha value is -3.23. The SMILES string of the molecule is COC1CC(C(=N)n2c(=N)c(=O)[nH]c3cc(C(=O)N4CCc5cc(Cl)ccc54)c(C)cc32)C1. The molecule has 0 spiro atoms. The Morgan fingerprint density at radius 3 is 2.73 bits per heavy atom. The number of hydrogen-bond acceptors (Lipinski definition) is 5. The van der Waals surface area contributed by atoms with Gasteiger partial charge in [0.05, 0.1) is 17.1 Å². The van der Waals surface area contributed by atoms with Crippen LogP contribution >= 0.6 is 11.6 Å². The smallest absolute Gasteiger partial charge is 0.291 e. The Morgan fingerprint density at radius 2 is 2.00 bits per heavy atom. The quantitative estimate of drug-likeness (QED) is 0.407. The van der Waals surface area contributed by atoms with Gasteiger partial charge >= 0.3 is 0 Å². The number of fused-ring (bicyclic) bond motifs is 2. The number of anilines is 1. The van der Waals surface area contributed by atoms with Crippen LogP contribution in [-0.2, 0) is 11.2 Å². The van der Waals surface area contributed by atoms with Gasteiger partial charge in [-0.25, -0.2) is 0 Å². The summed E-state index contributed by atoms with van der Waals surface area (Å²) in [7, 11) is 1.64. The topological polar surface area (TPSA) is 115 Å². The number of rotatable bonds is 3.